The Labute approximate surface area is 161 Å². The van der Waals surface area contributed by atoms with Gasteiger partial charge in [0.2, 0.25) is 10.0 Å². The molecule has 27 heavy (non-hydrogen) atoms. The molecular formula is C19H30N3O4S+. The van der Waals surface area contributed by atoms with Gasteiger partial charge in [-0.3, -0.25) is 4.79 Å². The van der Waals surface area contributed by atoms with Gasteiger partial charge in [-0.05, 0) is 37.5 Å². The van der Waals surface area contributed by atoms with Crippen LogP contribution in [0.4, 0.5) is 5.69 Å². The first-order valence-electron chi connectivity index (χ1n) is 9.79. The van der Waals surface area contributed by atoms with Gasteiger partial charge >= 0.3 is 0 Å². The Hall–Kier alpha value is -1.48. The summed E-state index contributed by atoms with van der Waals surface area (Å²) >= 11 is 0. The van der Waals surface area contributed by atoms with Gasteiger partial charge < -0.3 is 15.0 Å². The van der Waals surface area contributed by atoms with E-state index >= 15 is 0 Å². The van der Waals surface area contributed by atoms with Crippen LogP contribution in [0.15, 0.2) is 23.1 Å². The molecule has 2 heterocycles. The zero-order chi connectivity index (χ0) is 19.3. The molecule has 0 atom stereocenters. The number of morpholine rings is 1. The van der Waals surface area contributed by atoms with E-state index < -0.39 is 10.0 Å². The van der Waals surface area contributed by atoms with Gasteiger partial charge in [-0.2, -0.15) is 4.31 Å². The maximum atomic E-state index is 13.1. The van der Waals surface area contributed by atoms with Gasteiger partial charge in [-0.15, -0.1) is 0 Å². The molecule has 0 radical (unpaired) electrons. The number of amides is 1. The molecule has 3 rings (SSSR count). The number of sulfonamides is 1. The molecule has 0 saturated carbocycles. The van der Waals surface area contributed by atoms with Crippen molar-refractivity contribution in [1.82, 2.24) is 4.31 Å². The van der Waals surface area contributed by atoms with Gasteiger partial charge in [0.25, 0.3) is 5.91 Å². The Morgan fingerprint density at radius 1 is 1.15 bits per heavy atom. The van der Waals surface area contributed by atoms with E-state index in [1.54, 1.807) is 29.4 Å². The lowest BCUT2D eigenvalue weighted by Crippen LogP contribution is -3.15. The number of nitrogens with one attached hydrogen (secondary N) is 2. The van der Waals surface area contributed by atoms with Crippen molar-refractivity contribution in [3.8, 4) is 0 Å². The van der Waals surface area contributed by atoms with Crippen molar-refractivity contribution in [2.45, 2.75) is 37.5 Å². The van der Waals surface area contributed by atoms with Gasteiger partial charge in [-0.25, -0.2) is 8.42 Å². The largest absolute Gasteiger partial charge is 0.370 e. The number of hydrogen-bond acceptors (Lipinski definition) is 4. The monoisotopic (exact) mass is 396 g/mol. The van der Waals surface area contributed by atoms with Crippen LogP contribution in [0.3, 0.4) is 0 Å². The normalized spacial score (nSPS) is 20.2. The average molecular weight is 397 g/mol. The third kappa shape index (κ3) is 5.28. The van der Waals surface area contributed by atoms with Gasteiger partial charge in [0, 0.05) is 18.8 Å². The number of ether oxygens (including phenoxy) is 1. The van der Waals surface area contributed by atoms with E-state index in [0.717, 1.165) is 38.8 Å². The molecule has 2 fully saturated rings. The molecule has 1 aromatic carbocycles. The lowest BCUT2D eigenvalue weighted by atomic mass is 10.2. The molecule has 0 aliphatic carbocycles. The molecular weight excluding hydrogens is 366 g/mol. The highest BCUT2D eigenvalue weighted by Crippen LogP contribution is 2.25. The number of carbonyl (C=O) groups excluding carboxylic acids is 1. The second-order valence-electron chi connectivity index (χ2n) is 7.39. The van der Waals surface area contributed by atoms with Crippen molar-refractivity contribution < 1.29 is 22.8 Å². The van der Waals surface area contributed by atoms with Gasteiger partial charge in [0.05, 0.1) is 18.1 Å². The quantitative estimate of drug-likeness (QED) is 0.756. The number of rotatable bonds is 5. The highest BCUT2D eigenvalue weighted by molar-refractivity contribution is 7.89. The Kier molecular flexibility index (Phi) is 6.86. The lowest BCUT2D eigenvalue weighted by molar-refractivity contribution is -0.899. The second kappa shape index (κ2) is 9.14. The Bertz CT molecular complexity index is 752. The van der Waals surface area contributed by atoms with E-state index in [4.69, 9.17) is 4.74 Å². The summed E-state index contributed by atoms with van der Waals surface area (Å²) in [4.78, 5) is 13.8. The van der Waals surface area contributed by atoms with Crippen molar-refractivity contribution in [3.05, 3.63) is 23.8 Å². The summed E-state index contributed by atoms with van der Waals surface area (Å²) in [6.45, 7) is 6.28. The van der Waals surface area contributed by atoms with Crippen molar-refractivity contribution in [3.63, 3.8) is 0 Å². The summed E-state index contributed by atoms with van der Waals surface area (Å²) in [6, 6.07) is 5.13. The van der Waals surface area contributed by atoms with E-state index in [2.05, 4.69) is 5.32 Å². The van der Waals surface area contributed by atoms with Crippen LogP contribution in [0.1, 0.15) is 31.2 Å². The molecule has 2 saturated heterocycles. The molecule has 2 aliphatic rings. The molecule has 8 heteroatoms. The van der Waals surface area contributed by atoms with Crippen LogP contribution in [-0.2, 0) is 19.6 Å². The minimum Gasteiger partial charge on any atom is -0.370 e. The minimum atomic E-state index is -3.54. The fourth-order valence-electron chi connectivity index (χ4n) is 3.65. The van der Waals surface area contributed by atoms with Crippen LogP contribution in [0.5, 0.6) is 0 Å². The number of quaternary nitrogens is 1. The predicted molar refractivity (Wildman–Crippen MR) is 103 cm³/mol. The van der Waals surface area contributed by atoms with Crippen molar-refractivity contribution in [2.75, 3.05) is 51.3 Å². The van der Waals surface area contributed by atoms with Crippen molar-refractivity contribution in [2.24, 2.45) is 0 Å². The van der Waals surface area contributed by atoms with Gasteiger partial charge in [0.15, 0.2) is 6.54 Å². The molecule has 7 nitrogen and oxygen atoms in total. The summed E-state index contributed by atoms with van der Waals surface area (Å²) < 4.78 is 33.1. The zero-order valence-electron chi connectivity index (χ0n) is 16.0. The van der Waals surface area contributed by atoms with Gasteiger partial charge in [-0.1, -0.05) is 18.9 Å². The third-order valence-electron chi connectivity index (χ3n) is 5.27. The van der Waals surface area contributed by atoms with E-state index in [9.17, 15) is 13.2 Å². The van der Waals surface area contributed by atoms with Crippen LogP contribution < -0.4 is 10.2 Å². The second-order valence-corrected chi connectivity index (χ2v) is 9.29. The smallest absolute Gasteiger partial charge is 0.279 e. The maximum absolute atomic E-state index is 13.1. The molecule has 1 amide bonds. The van der Waals surface area contributed by atoms with Crippen molar-refractivity contribution in [1.29, 1.82) is 0 Å². The molecule has 0 unspecified atom stereocenters. The Morgan fingerprint density at radius 3 is 2.48 bits per heavy atom. The molecule has 0 bridgehead atoms. The Balaban J connectivity index is 1.72. The van der Waals surface area contributed by atoms with Gasteiger partial charge in [0.1, 0.15) is 13.1 Å². The van der Waals surface area contributed by atoms with Crippen molar-refractivity contribution >= 4 is 21.6 Å². The van der Waals surface area contributed by atoms with Crippen LogP contribution in [0, 0.1) is 6.92 Å². The highest BCUT2D eigenvalue weighted by atomic mass is 32.2. The molecule has 2 N–H and O–H groups in total. The summed E-state index contributed by atoms with van der Waals surface area (Å²) in [5.41, 5.74) is 1.24. The third-order valence-corrected chi connectivity index (χ3v) is 7.31. The number of hydrogen-bond donors (Lipinski definition) is 2. The number of anilines is 1. The fraction of sp³-hybridized carbons (Fsp3) is 0.632. The zero-order valence-corrected chi connectivity index (χ0v) is 16.8. The average Bonchev–Trinajstić information content (AvgIpc) is 2.94. The molecule has 2 aliphatic heterocycles. The lowest BCUT2D eigenvalue weighted by Gasteiger charge is -2.23. The number of carbonyl (C=O) groups is 1. The predicted octanol–water partition coefficient (Wildman–Crippen LogP) is 0.413. The molecule has 150 valence electrons. The molecule has 0 spiro atoms. The summed E-state index contributed by atoms with van der Waals surface area (Å²) in [5.74, 6) is -0.103. The van der Waals surface area contributed by atoms with Crippen LogP contribution in [-0.4, -0.2) is 64.6 Å². The number of benzene rings is 1. The van der Waals surface area contributed by atoms with E-state index in [-0.39, 0.29) is 5.91 Å². The standard InChI is InChI=1S/C19H29N3O4S/c1-16-6-7-17(20-19(23)15-21-10-12-26-13-11-21)14-18(16)27(24,25)22-8-4-2-3-5-9-22/h6-7,14H,2-5,8-13,15H2,1H3,(H,20,23)/p+1. The van der Waals surface area contributed by atoms with E-state index in [1.807, 2.05) is 0 Å². The first-order valence-corrected chi connectivity index (χ1v) is 11.2. The van der Waals surface area contributed by atoms with Crippen LogP contribution in [0.2, 0.25) is 0 Å². The summed E-state index contributed by atoms with van der Waals surface area (Å²) in [6.07, 6.45) is 3.95. The first-order chi connectivity index (χ1) is 13.0. The first kappa shape index (κ1) is 20.3. The summed E-state index contributed by atoms with van der Waals surface area (Å²) in [7, 11) is -3.54. The number of aryl methyl sites for hydroxylation is 1. The molecule has 0 aromatic heterocycles. The fourth-order valence-corrected chi connectivity index (χ4v) is 5.41. The topological polar surface area (TPSA) is 80.1 Å². The number of nitrogens with zero attached hydrogens (tertiary/aromatic N) is 1. The SMILES string of the molecule is Cc1ccc(NC(=O)C[NH+]2CCOCC2)cc1S(=O)(=O)N1CCCCCC1. The summed E-state index contributed by atoms with van der Waals surface area (Å²) in [5, 5.41) is 2.86. The maximum Gasteiger partial charge on any atom is 0.279 e. The van der Waals surface area contributed by atoms with Crippen LogP contribution in [0.25, 0.3) is 0 Å². The highest BCUT2D eigenvalue weighted by Gasteiger charge is 2.27. The van der Waals surface area contributed by atoms with E-state index in [1.165, 1.54) is 4.90 Å². The molecule has 1 aromatic rings. The Morgan fingerprint density at radius 2 is 1.81 bits per heavy atom. The van der Waals surface area contributed by atoms with E-state index in [0.29, 0.717) is 49.0 Å². The van der Waals surface area contributed by atoms with Crippen LogP contribution >= 0.6 is 0 Å². The minimum absolute atomic E-state index is 0.103.